The molecule has 2 amide bonds. The Morgan fingerprint density at radius 3 is 1.94 bits per heavy atom. The van der Waals surface area contributed by atoms with E-state index in [-0.39, 0.29) is 12.5 Å². The number of methoxy groups -OCH3 is 2. The second-order valence-electron chi connectivity index (χ2n) is 8.58. The van der Waals surface area contributed by atoms with Crippen molar-refractivity contribution in [2.24, 2.45) is 0 Å². The van der Waals surface area contributed by atoms with Crippen LogP contribution < -0.4 is 25.1 Å². The van der Waals surface area contributed by atoms with Crippen molar-refractivity contribution in [1.82, 2.24) is 10.9 Å². The molecule has 3 aromatic rings. The van der Waals surface area contributed by atoms with E-state index in [1.54, 1.807) is 20.3 Å². The zero-order chi connectivity index (χ0) is 25.0. The minimum absolute atomic E-state index is 0.193. The number of carbonyl (C=O) groups is 2. The van der Waals surface area contributed by atoms with Crippen LogP contribution in [-0.2, 0) is 9.59 Å². The van der Waals surface area contributed by atoms with E-state index in [9.17, 15) is 9.59 Å². The zero-order valence-electron chi connectivity index (χ0n) is 20.9. The molecule has 7 nitrogen and oxygen atoms in total. The summed E-state index contributed by atoms with van der Waals surface area (Å²) in [6.45, 7) is 1.97. The van der Waals surface area contributed by atoms with Gasteiger partial charge in [-0.05, 0) is 24.6 Å². The Kier molecular flexibility index (Phi) is 10.0. The topological polar surface area (TPSA) is 85.9 Å². The number of amides is 2. The maximum absolute atomic E-state index is 12.2. The van der Waals surface area contributed by atoms with Crippen LogP contribution >= 0.6 is 0 Å². The maximum Gasteiger partial charge on any atom is 0.276 e. The van der Waals surface area contributed by atoms with Crippen molar-refractivity contribution in [3.05, 3.63) is 42.5 Å². The molecule has 0 saturated carbocycles. The van der Waals surface area contributed by atoms with Crippen molar-refractivity contribution in [1.29, 1.82) is 0 Å². The molecule has 0 aliphatic carbocycles. The number of hydrogen-bond acceptors (Lipinski definition) is 5. The van der Waals surface area contributed by atoms with Crippen molar-refractivity contribution in [3.63, 3.8) is 0 Å². The van der Waals surface area contributed by atoms with Crippen molar-refractivity contribution in [3.8, 4) is 17.2 Å². The van der Waals surface area contributed by atoms with Crippen LogP contribution in [0.4, 0.5) is 0 Å². The van der Waals surface area contributed by atoms with E-state index in [1.807, 2.05) is 36.4 Å². The number of hydrazine groups is 1. The van der Waals surface area contributed by atoms with E-state index >= 15 is 0 Å². The largest absolute Gasteiger partial charge is 0.495 e. The fourth-order valence-corrected chi connectivity index (χ4v) is 4.24. The van der Waals surface area contributed by atoms with Crippen LogP contribution in [0, 0.1) is 0 Å². The Morgan fingerprint density at radius 2 is 1.29 bits per heavy atom. The molecule has 0 radical (unpaired) electrons. The number of carbonyl (C=O) groups excluding carboxylic acids is 2. The molecule has 0 aromatic heterocycles. The van der Waals surface area contributed by atoms with Crippen molar-refractivity contribution >= 4 is 33.4 Å². The quantitative estimate of drug-likeness (QED) is 0.187. The predicted octanol–water partition coefficient (Wildman–Crippen LogP) is 5.68. The molecule has 35 heavy (non-hydrogen) atoms. The van der Waals surface area contributed by atoms with Gasteiger partial charge in [0.1, 0.15) is 17.2 Å². The predicted molar refractivity (Wildman–Crippen MR) is 139 cm³/mol. The van der Waals surface area contributed by atoms with E-state index < -0.39 is 5.91 Å². The first-order valence-electron chi connectivity index (χ1n) is 12.4. The molecule has 0 heterocycles. The van der Waals surface area contributed by atoms with E-state index in [2.05, 4.69) is 17.8 Å². The number of rotatable bonds is 13. The lowest BCUT2D eigenvalue weighted by Crippen LogP contribution is -2.43. The average Bonchev–Trinajstić information content (AvgIpc) is 2.88. The summed E-state index contributed by atoms with van der Waals surface area (Å²) < 4.78 is 17.1. The first-order valence-corrected chi connectivity index (χ1v) is 12.4. The summed E-state index contributed by atoms with van der Waals surface area (Å²) in [7, 11) is 3.27. The lowest BCUT2D eigenvalue weighted by atomic mass is 10.0. The van der Waals surface area contributed by atoms with Gasteiger partial charge in [-0.25, -0.2) is 0 Å². The summed E-state index contributed by atoms with van der Waals surface area (Å²) in [5.41, 5.74) is 4.87. The molecule has 0 atom stereocenters. The third-order valence-electron chi connectivity index (χ3n) is 6.02. The molecule has 0 saturated heterocycles. The van der Waals surface area contributed by atoms with Crippen LogP contribution in [0.1, 0.15) is 58.3 Å². The third kappa shape index (κ3) is 7.01. The van der Waals surface area contributed by atoms with Crippen molar-refractivity contribution < 1.29 is 23.8 Å². The molecule has 2 N–H and O–H groups in total. The Morgan fingerprint density at radius 1 is 0.714 bits per heavy atom. The normalized spacial score (nSPS) is 10.8. The first-order chi connectivity index (χ1) is 17.1. The molecule has 0 aliphatic heterocycles. The fraction of sp³-hybridized carbons (Fsp3) is 0.429. The van der Waals surface area contributed by atoms with Gasteiger partial charge >= 0.3 is 0 Å². The molecule has 0 bridgehead atoms. The molecular formula is C28H36N2O5. The molecule has 0 fully saturated rings. The van der Waals surface area contributed by atoms with Gasteiger partial charge in [0.15, 0.2) is 6.61 Å². The summed E-state index contributed by atoms with van der Waals surface area (Å²) in [4.78, 5) is 24.1. The van der Waals surface area contributed by atoms with Crippen LogP contribution in [0.3, 0.4) is 0 Å². The van der Waals surface area contributed by atoms with Gasteiger partial charge in [-0.15, -0.1) is 0 Å². The maximum atomic E-state index is 12.2. The fourth-order valence-electron chi connectivity index (χ4n) is 4.24. The number of unbranched alkanes of at least 4 members (excludes halogenated alkanes) is 6. The average molecular weight is 481 g/mol. The van der Waals surface area contributed by atoms with Gasteiger partial charge in [0.25, 0.3) is 5.91 Å². The van der Waals surface area contributed by atoms with Crippen LogP contribution in [-0.4, -0.2) is 32.6 Å². The summed E-state index contributed by atoms with van der Waals surface area (Å²) in [6, 6.07) is 13.4. The molecule has 3 rings (SSSR count). The highest BCUT2D eigenvalue weighted by atomic mass is 16.5. The second kappa shape index (κ2) is 13.4. The van der Waals surface area contributed by atoms with Gasteiger partial charge in [-0.1, -0.05) is 69.7 Å². The molecule has 188 valence electrons. The van der Waals surface area contributed by atoms with Gasteiger partial charge in [0.05, 0.1) is 14.2 Å². The minimum Gasteiger partial charge on any atom is -0.495 e. The standard InChI is InChI=1S/C28H36N2O5/c1-4-5-6-7-8-9-10-15-25(31)29-30-26(32)19-35-20-16-17-23-24(18-20)28(34-3)22-14-12-11-13-21(22)27(23)33-2/h11-14,16-18H,4-10,15,19H2,1-3H3,(H,29,31)(H,30,32). The Bertz CT molecular complexity index is 1150. The smallest absolute Gasteiger partial charge is 0.276 e. The third-order valence-corrected chi connectivity index (χ3v) is 6.02. The van der Waals surface area contributed by atoms with Crippen LogP contribution in [0.2, 0.25) is 0 Å². The van der Waals surface area contributed by atoms with Gasteiger partial charge < -0.3 is 14.2 Å². The molecule has 0 aliphatic rings. The van der Waals surface area contributed by atoms with E-state index in [0.29, 0.717) is 17.9 Å². The summed E-state index contributed by atoms with van der Waals surface area (Å²) in [5.74, 6) is 1.35. The SMILES string of the molecule is CCCCCCCCCC(=O)NNC(=O)COc1ccc2c(OC)c3ccccc3c(OC)c2c1. The zero-order valence-corrected chi connectivity index (χ0v) is 20.9. The lowest BCUT2D eigenvalue weighted by Gasteiger charge is -2.16. The number of benzene rings is 3. The highest BCUT2D eigenvalue weighted by Gasteiger charge is 2.16. The monoisotopic (exact) mass is 480 g/mol. The van der Waals surface area contributed by atoms with Crippen molar-refractivity contribution in [2.75, 3.05) is 20.8 Å². The van der Waals surface area contributed by atoms with Crippen LogP contribution in [0.15, 0.2) is 42.5 Å². The number of ether oxygens (including phenoxy) is 3. The molecule has 0 spiro atoms. The van der Waals surface area contributed by atoms with Gasteiger partial charge in [0, 0.05) is 28.0 Å². The molecular weight excluding hydrogens is 444 g/mol. The van der Waals surface area contributed by atoms with Gasteiger partial charge in [0.2, 0.25) is 5.91 Å². The minimum atomic E-state index is -0.430. The van der Waals surface area contributed by atoms with E-state index in [4.69, 9.17) is 14.2 Å². The van der Waals surface area contributed by atoms with Crippen molar-refractivity contribution in [2.45, 2.75) is 58.3 Å². The second-order valence-corrected chi connectivity index (χ2v) is 8.58. The van der Waals surface area contributed by atoms with Crippen LogP contribution in [0.25, 0.3) is 21.5 Å². The highest BCUT2D eigenvalue weighted by Crippen LogP contribution is 2.43. The lowest BCUT2D eigenvalue weighted by molar-refractivity contribution is -0.130. The summed E-state index contributed by atoms with van der Waals surface area (Å²) in [6.07, 6.45) is 8.36. The first kappa shape index (κ1) is 26.1. The highest BCUT2D eigenvalue weighted by molar-refractivity contribution is 6.11. The van der Waals surface area contributed by atoms with Gasteiger partial charge in [-0.3, -0.25) is 20.4 Å². The van der Waals surface area contributed by atoms with Gasteiger partial charge in [-0.2, -0.15) is 0 Å². The molecule has 0 unspecified atom stereocenters. The Hall–Kier alpha value is -3.48. The summed E-state index contributed by atoms with van der Waals surface area (Å²) >= 11 is 0. The molecule has 3 aromatic carbocycles. The van der Waals surface area contributed by atoms with Crippen LogP contribution in [0.5, 0.6) is 17.2 Å². The van der Waals surface area contributed by atoms with E-state index in [1.165, 1.54) is 25.7 Å². The molecule has 7 heteroatoms. The number of hydrogen-bond donors (Lipinski definition) is 2. The number of fused-ring (bicyclic) bond motifs is 2. The Labute approximate surface area is 207 Å². The Balaban J connectivity index is 1.53. The summed E-state index contributed by atoms with van der Waals surface area (Å²) in [5, 5.41) is 3.60. The number of nitrogens with one attached hydrogen (secondary N) is 2. The van der Waals surface area contributed by atoms with E-state index in [0.717, 1.165) is 46.6 Å².